The Balaban J connectivity index is 4.35. The SMILES string of the molecule is C[C@H](O)CN(CCN(C[C@H](C)O)C[C@@H](C)O)C[C@@H](C)O. The second-order valence-corrected chi connectivity index (χ2v) is 5.92. The summed E-state index contributed by atoms with van der Waals surface area (Å²) in [7, 11) is 0. The van der Waals surface area contributed by atoms with Gasteiger partial charge in [0, 0.05) is 39.3 Å². The fourth-order valence-electron chi connectivity index (χ4n) is 2.29. The van der Waals surface area contributed by atoms with Crippen molar-refractivity contribution in [2.45, 2.75) is 52.1 Å². The maximum Gasteiger partial charge on any atom is 0.0639 e. The van der Waals surface area contributed by atoms with Gasteiger partial charge in [0.2, 0.25) is 0 Å². The molecule has 0 aliphatic rings. The summed E-state index contributed by atoms with van der Waals surface area (Å²) in [6.07, 6.45) is -1.79. The second-order valence-electron chi connectivity index (χ2n) is 5.92. The first-order valence-electron chi connectivity index (χ1n) is 7.37. The molecule has 0 heterocycles. The molecule has 0 saturated carbocycles. The van der Waals surface area contributed by atoms with Crippen LogP contribution in [0.25, 0.3) is 0 Å². The van der Waals surface area contributed by atoms with Crippen molar-refractivity contribution in [3.8, 4) is 0 Å². The Morgan fingerprint density at radius 3 is 0.900 bits per heavy atom. The zero-order chi connectivity index (χ0) is 15.7. The van der Waals surface area contributed by atoms with E-state index in [0.717, 1.165) is 0 Å². The second kappa shape index (κ2) is 10.5. The minimum atomic E-state index is -0.448. The number of hydrogen-bond acceptors (Lipinski definition) is 6. The van der Waals surface area contributed by atoms with Crippen molar-refractivity contribution in [2.24, 2.45) is 0 Å². The first-order chi connectivity index (χ1) is 9.20. The van der Waals surface area contributed by atoms with Crippen LogP contribution in [-0.2, 0) is 0 Å². The number of nitrogens with zero attached hydrogens (tertiary/aromatic N) is 2. The van der Waals surface area contributed by atoms with E-state index in [9.17, 15) is 20.4 Å². The molecule has 0 bridgehead atoms. The van der Waals surface area contributed by atoms with Crippen molar-refractivity contribution in [2.75, 3.05) is 39.3 Å². The quantitative estimate of drug-likeness (QED) is 0.395. The number of rotatable bonds is 11. The van der Waals surface area contributed by atoms with Gasteiger partial charge in [-0.3, -0.25) is 9.80 Å². The topological polar surface area (TPSA) is 87.4 Å². The summed E-state index contributed by atoms with van der Waals surface area (Å²) in [5.41, 5.74) is 0. The summed E-state index contributed by atoms with van der Waals surface area (Å²) in [4.78, 5) is 3.98. The van der Waals surface area contributed by atoms with Crippen LogP contribution in [0.5, 0.6) is 0 Å². The Kier molecular flexibility index (Phi) is 10.4. The molecule has 6 heteroatoms. The average molecular weight is 292 g/mol. The van der Waals surface area contributed by atoms with Crippen LogP contribution in [0, 0.1) is 0 Å². The summed E-state index contributed by atoms with van der Waals surface area (Å²) in [6.45, 7) is 10.2. The van der Waals surface area contributed by atoms with Crippen molar-refractivity contribution < 1.29 is 20.4 Å². The number of hydrogen-bond donors (Lipinski definition) is 4. The summed E-state index contributed by atoms with van der Waals surface area (Å²) < 4.78 is 0. The monoisotopic (exact) mass is 292 g/mol. The molecule has 0 spiro atoms. The van der Waals surface area contributed by atoms with Gasteiger partial charge in [-0.2, -0.15) is 0 Å². The summed E-state index contributed by atoms with van der Waals surface area (Å²) in [6, 6.07) is 0. The van der Waals surface area contributed by atoms with E-state index in [2.05, 4.69) is 0 Å². The van der Waals surface area contributed by atoms with Crippen LogP contribution in [0.4, 0.5) is 0 Å². The van der Waals surface area contributed by atoms with Gasteiger partial charge in [0.15, 0.2) is 0 Å². The molecule has 0 aromatic rings. The van der Waals surface area contributed by atoms with Gasteiger partial charge in [-0.1, -0.05) is 0 Å². The van der Waals surface area contributed by atoms with Gasteiger partial charge >= 0.3 is 0 Å². The molecule has 0 aliphatic carbocycles. The molecule has 4 N–H and O–H groups in total. The molecular weight excluding hydrogens is 260 g/mol. The summed E-state index contributed by atoms with van der Waals surface area (Å²) in [5.74, 6) is 0. The van der Waals surface area contributed by atoms with Crippen molar-refractivity contribution in [1.82, 2.24) is 9.80 Å². The lowest BCUT2D eigenvalue weighted by atomic mass is 10.2. The Morgan fingerprint density at radius 2 is 0.750 bits per heavy atom. The highest BCUT2D eigenvalue weighted by atomic mass is 16.3. The fourth-order valence-corrected chi connectivity index (χ4v) is 2.29. The zero-order valence-corrected chi connectivity index (χ0v) is 13.2. The van der Waals surface area contributed by atoms with Crippen LogP contribution in [0.2, 0.25) is 0 Å². The van der Waals surface area contributed by atoms with E-state index < -0.39 is 24.4 Å². The van der Waals surface area contributed by atoms with Crippen LogP contribution in [0.15, 0.2) is 0 Å². The predicted molar refractivity (Wildman–Crippen MR) is 79.6 cm³/mol. The maximum atomic E-state index is 9.47. The fraction of sp³-hybridized carbons (Fsp3) is 1.00. The van der Waals surface area contributed by atoms with E-state index >= 15 is 0 Å². The molecule has 20 heavy (non-hydrogen) atoms. The third kappa shape index (κ3) is 11.6. The van der Waals surface area contributed by atoms with Gasteiger partial charge in [-0.05, 0) is 27.7 Å². The lowest BCUT2D eigenvalue weighted by Crippen LogP contribution is -2.44. The van der Waals surface area contributed by atoms with Gasteiger partial charge < -0.3 is 20.4 Å². The van der Waals surface area contributed by atoms with E-state index in [1.807, 2.05) is 9.80 Å². The van der Waals surface area contributed by atoms with Gasteiger partial charge in [0.05, 0.1) is 24.4 Å². The van der Waals surface area contributed by atoms with Crippen LogP contribution >= 0.6 is 0 Å². The van der Waals surface area contributed by atoms with Gasteiger partial charge in [-0.25, -0.2) is 0 Å². The van der Waals surface area contributed by atoms with Crippen LogP contribution in [0.1, 0.15) is 27.7 Å². The Morgan fingerprint density at radius 1 is 0.550 bits per heavy atom. The summed E-state index contributed by atoms with van der Waals surface area (Å²) >= 11 is 0. The van der Waals surface area contributed by atoms with Gasteiger partial charge in [-0.15, -0.1) is 0 Å². The molecule has 0 aliphatic heterocycles. The first kappa shape index (κ1) is 19.8. The predicted octanol–water partition coefficient (Wildman–Crippen LogP) is -0.886. The first-order valence-corrected chi connectivity index (χ1v) is 7.37. The zero-order valence-electron chi connectivity index (χ0n) is 13.2. The highest BCUT2D eigenvalue weighted by Gasteiger charge is 2.15. The largest absolute Gasteiger partial charge is 0.392 e. The molecule has 0 aromatic carbocycles. The molecular formula is C14H32N2O4. The number of aliphatic hydroxyl groups excluding tert-OH is 4. The van der Waals surface area contributed by atoms with Crippen molar-refractivity contribution in [1.29, 1.82) is 0 Å². The lowest BCUT2D eigenvalue weighted by Gasteiger charge is -2.30. The Bertz CT molecular complexity index is 191. The molecule has 122 valence electrons. The van der Waals surface area contributed by atoms with E-state index in [4.69, 9.17) is 0 Å². The third-order valence-corrected chi connectivity index (χ3v) is 2.82. The average Bonchev–Trinajstić information content (AvgIpc) is 2.22. The van der Waals surface area contributed by atoms with Crippen LogP contribution < -0.4 is 0 Å². The highest BCUT2D eigenvalue weighted by molar-refractivity contribution is 4.70. The van der Waals surface area contributed by atoms with Crippen molar-refractivity contribution >= 4 is 0 Å². The maximum absolute atomic E-state index is 9.47. The lowest BCUT2D eigenvalue weighted by molar-refractivity contribution is 0.0542. The molecule has 0 rings (SSSR count). The van der Waals surface area contributed by atoms with Gasteiger partial charge in [0.25, 0.3) is 0 Å². The van der Waals surface area contributed by atoms with Gasteiger partial charge in [0.1, 0.15) is 0 Å². The summed E-state index contributed by atoms with van der Waals surface area (Å²) in [5, 5.41) is 37.9. The van der Waals surface area contributed by atoms with E-state index in [1.54, 1.807) is 27.7 Å². The van der Waals surface area contributed by atoms with Crippen molar-refractivity contribution in [3.63, 3.8) is 0 Å². The van der Waals surface area contributed by atoms with E-state index in [-0.39, 0.29) is 0 Å². The number of aliphatic hydroxyl groups is 4. The van der Waals surface area contributed by atoms with E-state index in [1.165, 1.54) is 0 Å². The van der Waals surface area contributed by atoms with E-state index in [0.29, 0.717) is 39.3 Å². The molecule has 0 unspecified atom stereocenters. The molecule has 0 radical (unpaired) electrons. The Hall–Kier alpha value is -0.240. The smallest absolute Gasteiger partial charge is 0.0639 e. The minimum Gasteiger partial charge on any atom is -0.392 e. The Labute approximate surface area is 122 Å². The highest BCUT2D eigenvalue weighted by Crippen LogP contribution is 2.00. The molecule has 0 amide bonds. The minimum absolute atomic E-state index is 0.448. The molecule has 0 fully saturated rings. The molecule has 4 atom stereocenters. The third-order valence-electron chi connectivity index (χ3n) is 2.82. The normalized spacial score (nSPS) is 18.3. The van der Waals surface area contributed by atoms with Crippen LogP contribution in [0.3, 0.4) is 0 Å². The van der Waals surface area contributed by atoms with Crippen molar-refractivity contribution in [3.05, 3.63) is 0 Å². The molecule has 0 aromatic heterocycles. The van der Waals surface area contributed by atoms with Crippen LogP contribution in [-0.4, -0.2) is 93.9 Å². The molecule has 6 nitrogen and oxygen atoms in total. The molecule has 0 saturated heterocycles. The standard InChI is InChI=1S/C14H32N2O4/c1-11(17)7-15(8-12(2)18)5-6-16(9-13(3)19)10-14(4)20/h11-14,17-20H,5-10H2,1-4H3/t11-,12+,13-,14+.